The lowest BCUT2D eigenvalue weighted by Gasteiger charge is -2.32. The molecule has 0 spiro atoms. The molecule has 1 unspecified atom stereocenters. The molecule has 19 heavy (non-hydrogen) atoms. The average molecular weight is 300 g/mol. The van der Waals surface area contributed by atoms with E-state index >= 15 is 0 Å². The van der Waals surface area contributed by atoms with Crippen LogP contribution in [0.1, 0.15) is 34.1 Å². The first-order chi connectivity index (χ1) is 9.13. The van der Waals surface area contributed by atoms with Gasteiger partial charge in [0.05, 0.1) is 6.61 Å². The van der Waals surface area contributed by atoms with E-state index in [1.54, 1.807) is 12.3 Å². The van der Waals surface area contributed by atoms with Gasteiger partial charge in [-0.15, -0.1) is 11.3 Å². The van der Waals surface area contributed by atoms with Gasteiger partial charge in [0.1, 0.15) is 5.69 Å². The first-order valence-electron chi connectivity index (χ1n) is 6.14. The van der Waals surface area contributed by atoms with Crippen LogP contribution in [0.4, 0.5) is 0 Å². The number of thiazole rings is 1. The van der Waals surface area contributed by atoms with Crippen molar-refractivity contribution in [1.82, 2.24) is 9.88 Å². The Morgan fingerprint density at radius 1 is 1.58 bits per heavy atom. The number of aromatic nitrogens is 1. The van der Waals surface area contributed by atoms with Gasteiger partial charge in [0, 0.05) is 29.5 Å². The predicted molar refractivity (Wildman–Crippen MR) is 75.9 cm³/mol. The fourth-order valence-electron chi connectivity index (χ4n) is 1.83. The average Bonchev–Trinajstić information content (AvgIpc) is 2.88. The smallest absolute Gasteiger partial charge is 0.367 e. The fraction of sp³-hybridized carbons (Fsp3) is 0.583. The van der Waals surface area contributed by atoms with Crippen LogP contribution in [0.2, 0.25) is 0 Å². The zero-order valence-electron chi connectivity index (χ0n) is 10.9. The minimum absolute atomic E-state index is 0.0976. The van der Waals surface area contributed by atoms with Gasteiger partial charge in [-0.1, -0.05) is 0 Å². The molecule has 0 saturated carbocycles. The number of carbonyl (C=O) groups excluding carboxylic acids is 2. The van der Waals surface area contributed by atoms with Crippen LogP contribution in [0.5, 0.6) is 0 Å². The lowest BCUT2D eigenvalue weighted by molar-refractivity contribution is 0.0526. The van der Waals surface area contributed by atoms with E-state index in [0.29, 0.717) is 12.3 Å². The minimum Gasteiger partial charge on any atom is -0.461 e. The molecule has 0 N–H and O–H groups in total. The molecule has 0 bridgehead atoms. The molecule has 7 heteroatoms. The molecule has 1 aliphatic heterocycles. The summed E-state index contributed by atoms with van der Waals surface area (Å²) in [5.41, 5.74) is 0.340. The van der Waals surface area contributed by atoms with Crippen molar-refractivity contribution in [3.8, 4) is 0 Å². The third kappa shape index (κ3) is 3.27. The lowest BCUT2D eigenvalue weighted by Crippen LogP contribution is -2.44. The maximum absolute atomic E-state index is 12.3. The van der Waals surface area contributed by atoms with Gasteiger partial charge in [0.25, 0.3) is 5.91 Å². The molecule has 0 aromatic carbocycles. The minimum atomic E-state index is -0.464. The summed E-state index contributed by atoms with van der Waals surface area (Å²) >= 11 is 3.00. The second-order valence-electron chi connectivity index (χ2n) is 4.18. The summed E-state index contributed by atoms with van der Waals surface area (Å²) in [6.07, 6.45) is 0. The van der Waals surface area contributed by atoms with Crippen molar-refractivity contribution < 1.29 is 14.3 Å². The van der Waals surface area contributed by atoms with Gasteiger partial charge >= 0.3 is 5.97 Å². The van der Waals surface area contributed by atoms with E-state index in [-0.39, 0.29) is 17.0 Å². The monoisotopic (exact) mass is 300 g/mol. The van der Waals surface area contributed by atoms with E-state index in [0.717, 1.165) is 29.4 Å². The summed E-state index contributed by atoms with van der Waals surface area (Å²) in [6, 6.07) is 0.207. The molecule has 1 fully saturated rings. The Kier molecular flexibility index (Phi) is 4.81. The highest BCUT2D eigenvalue weighted by Crippen LogP contribution is 2.20. The van der Waals surface area contributed by atoms with Crippen LogP contribution in [0.3, 0.4) is 0 Å². The number of rotatable bonds is 3. The van der Waals surface area contributed by atoms with Crippen LogP contribution in [-0.4, -0.2) is 52.5 Å². The number of thioether (sulfide) groups is 1. The largest absolute Gasteiger partial charge is 0.461 e. The first-order valence-corrected chi connectivity index (χ1v) is 8.18. The topological polar surface area (TPSA) is 59.5 Å². The van der Waals surface area contributed by atoms with Crippen LogP contribution >= 0.6 is 23.1 Å². The van der Waals surface area contributed by atoms with E-state index < -0.39 is 5.97 Å². The number of ether oxygens (including phenoxy) is 1. The van der Waals surface area contributed by atoms with Crippen molar-refractivity contribution >= 4 is 35.0 Å². The van der Waals surface area contributed by atoms with Crippen molar-refractivity contribution in [2.75, 3.05) is 24.7 Å². The summed E-state index contributed by atoms with van der Waals surface area (Å²) in [7, 11) is 0. The molecule has 1 aliphatic rings. The second kappa shape index (κ2) is 6.38. The molecule has 0 aliphatic carbocycles. The number of hydrogen-bond acceptors (Lipinski definition) is 6. The van der Waals surface area contributed by atoms with Gasteiger partial charge in [0.15, 0.2) is 0 Å². The van der Waals surface area contributed by atoms with Crippen LogP contribution in [0.25, 0.3) is 0 Å². The highest BCUT2D eigenvalue weighted by molar-refractivity contribution is 7.99. The van der Waals surface area contributed by atoms with Gasteiger partial charge in [-0.3, -0.25) is 4.79 Å². The Bertz CT molecular complexity index is 475. The highest BCUT2D eigenvalue weighted by atomic mass is 32.2. The third-order valence-corrected chi connectivity index (χ3v) is 4.81. The summed E-state index contributed by atoms with van der Waals surface area (Å²) < 4.78 is 4.87. The van der Waals surface area contributed by atoms with Crippen LogP contribution < -0.4 is 0 Å². The van der Waals surface area contributed by atoms with Gasteiger partial charge < -0.3 is 9.64 Å². The normalized spacial score (nSPS) is 19.3. The molecule has 1 atom stereocenters. The first kappa shape index (κ1) is 14.3. The highest BCUT2D eigenvalue weighted by Gasteiger charge is 2.27. The maximum Gasteiger partial charge on any atom is 0.367 e. The molecule has 104 valence electrons. The van der Waals surface area contributed by atoms with Crippen LogP contribution in [0, 0.1) is 0 Å². The van der Waals surface area contributed by atoms with E-state index in [2.05, 4.69) is 4.98 Å². The van der Waals surface area contributed by atoms with Crippen molar-refractivity contribution in [2.45, 2.75) is 19.9 Å². The van der Waals surface area contributed by atoms with Crippen molar-refractivity contribution in [3.63, 3.8) is 0 Å². The molecular formula is C12H16N2O3S2. The summed E-state index contributed by atoms with van der Waals surface area (Å²) in [4.78, 5) is 29.7. The van der Waals surface area contributed by atoms with Gasteiger partial charge in [-0.2, -0.15) is 11.8 Å². The molecule has 1 aromatic heterocycles. The molecule has 0 radical (unpaired) electrons. The number of esters is 1. The third-order valence-electron chi connectivity index (χ3n) is 2.80. The lowest BCUT2D eigenvalue weighted by atomic mass is 10.3. The molecule has 1 saturated heterocycles. The van der Waals surface area contributed by atoms with Gasteiger partial charge in [-0.05, 0) is 13.8 Å². The number of nitrogens with zero attached hydrogens (tertiary/aromatic N) is 2. The second-order valence-corrected chi connectivity index (χ2v) is 6.19. The standard InChI is InChI=1S/C12H16N2O3S2/c1-3-17-12(16)10-13-9(7-19-10)11(15)14-4-5-18-6-8(14)2/h7-8H,3-6H2,1-2H3. The Labute approximate surface area is 120 Å². The predicted octanol–water partition coefficient (Wildman–Crippen LogP) is 1.90. The maximum atomic E-state index is 12.3. The SMILES string of the molecule is CCOC(=O)c1nc(C(=O)N2CCSCC2C)cs1. The van der Waals surface area contributed by atoms with Gasteiger partial charge in [-0.25, -0.2) is 9.78 Å². The van der Waals surface area contributed by atoms with E-state index in [9.17, 15) is 9.59 Å². The van der Waals surface area contributed by atoms with Crippen LogP contribution in [-0.2, 0) is 4.74 Å². The van der Waals surface area contributed by atoms with Crippen molar-refractivity contribution in [1.29, 1.82) is 0 Å². The molecule has 1 amide bonds. The molecule has 2 heterocycles. The molecule has 1 aromatic rings. The zero-order valence-corrected chi connectivity index (χ0v) is 12.6. The van der Waals surface area contributed by atoms with Gasteiger partial charge in [0.2, 0.25) is 5.01 Å². The number of hydrogen-bond donors (Lipinski definition) is 0. The molecule has 2 rings (SSSR count). The Morgan fingerprint density at radius 2 is 2.37 bits per heavy atom. The number of amides is 1. The van der Waals surface area contributed by atoms with E-state index in [1.807, 2.05) is 23.6 Å². The van der Waals surface area contributed by atoms with E-state index in [4.69, 9.17) is 4.74 Å². The summed E-state index contributed by atoms with van der Waals surface area (Å²) in [5, 5.41) is 1.87. The number of carbonyl (C=O) groups is 2. The Hall–Kier alpha value is -1.08. The summed E-state index contributed by atoms with van der Waals surface area (Å²) in [5.74, 6) is 1.33. The van der Waals surface area contributed by atoms with Crippen molar-refractivity contribution in [3.05, 3.63) is 16.1 Å². The zero-order chi connectivity index (χ0) is 13.8. The quantitative estimate of drug-likeness (QED) is 0.798. The van der Waals surface area contributed by atoms with Crippen molar-refractivity contribution in [2.24, 2.45) is 0 Å². The van der Waals surface area contributed by atoms with E-state index in [1.165, 1.54) is 0 Å². The Morgan fingerprint density at radius 3 is 3.05 bits per heavy atom. The summed E-state index contributed by atoms with van der Waals surface area (Å²) in [6.45, 7) is 4.81. The van der Waals surface area contributed by atoms with Crippen LogP contribution in [0.15, 0.2) is 5.38 Å². The molecule has 5 nitrogen and oxygen atoms in total. The fourth-order valence-corrected chi connectivity index (χ4v) is 3.53. The Balaban J connectivity index is 2.09. The molecular weight excluding hydrogens is 284 g/mol.